The summed E-state index contributed by atoms with van der Waals surface area (Å²) in [7, 11) is -2.56. The van der Waals surface area contributed by atoms with Gasteiger partial charge < -0.3 is 4.74 Å². The van der Waals surface area contributed by atoms with Crippen LogP contribution in [0.5, 0.6) is 0 Å². The van der Waals surface area contributed by atoms with Crippen LogP contribution < -0.4 is 4.72 Å². The van der Waals surface area contributed by atoms with E-state index in [2.05, 4.69) is 25.4 Å². The van der Waals surface area contributed by atoms with E-state index in [1.54, 1.807) is 6.07 Å². The van der Waals surface area contributed by atoms with Gasteiger partial charge in [-0.25, -0.2) is 17.6 Å². The molecule has 0 saturated carbocycles. The number of esters is 1. The minimum Gasteiger partial charge on any atom is -0.465 e. The second-order valence-electron chi connectivity index (χ2n) is 4.64. The van der Waals surface area contributed by atoms with E-state index < -0.39 is 27.6 Å². The highest BCUT2D eigenvalue weighted by molar-refractivity contribution is 9.10. The molecule has 2 rings (SSSR count). The number of hydrogen-bond acceptors (Lipinski definition) is 4. The summed E-state index contributed by atoms with van der Waals surface area (Å²) in [6.45, 7) is 0. The molecule has 0 aliphatic rings. The maximum Gasteiger partial charge on any atom is 0.337 e. The molecule has 0 aromatic heterocycles. The Bertz CT molecular complexity index is 839. The first kappa shape index (κ1) is 17.4. The third-order valence-corrected chi connectivity index (χ3v) is 4.84. The van der Waals surface area contributed by atoms with Gasteiger partial charge in [0.1, 0.15) is 5.82 Å². The fraction of sp³-hybridized carbons (Fsp3) is 0.133. The highest BCUT2D eigenvalue weighted by atomic mass is 79.9. The molecule has 122 valence electrons. The van der Waals surface area contributed by atoms with Crippen LogP contribution in [0.1, 0.15) is 15.9 Å². The smallest absolute Gasteiger partial charge is 0.337 e. The molecule has 0 spiro atoms. The minimum absolute atomic E-state index is 0.0716. The molecule has 23 heavy (non-hydrogen) atoms. The molecule has 0 aliphatic carbocycles. The van der Waals surface area contributed by atoms with E-state index in [9.17, 15) is 17.6 Å². The van der Waals surface area contributed by atoms with Crippen molar-refractivity contribution >= 4 is 37.6 Å². The first-order valence-corrected chi connectivity index (χ1v) is 8.88. The maximum absolute atomic E-state index is 13.6. The molecule has 5 nitrogen and oxygen atoms in total. The van der Waals surface area contributed by atoms with Crippen LogP contribution in [0.25, 0.3) is 0 Å². The third-order valence-electron chi connectivity index (χ3n) is 2.96. The average Bonchev–Trinajstić information content (AvgIpc) is 2.50. The number of ether oxygens (including phenoxy) is 1. The second-order valence-corrected chi connectivity index (χ2v) is 7.22. The fourth-order valence-corrected chi connectivity index (χ4v) is 3.70. The summed E-state index contributed by atoms with van der Waals surface area (Å²) in [6, 6.07) is 9.95. The topological polar surface area (TPSA) is 72.5 Å². The molecule has 0 heterocycles. The molecular formula is C15H13BrFNO4S. The minimum atomic E-state index is -3.81. The average molecular weight is 402 g/mol. The van der Waals surface area contributed by atoms with Gasteiger partial charge in [0.15, 0.2) is 0 Å². The lowest BCUT2D eigenvalue weighted by Gasteiger charge is -2.11. The Labute approximate surface area is 141 Å². The Kier molecular flexibility index (Phi) is 5.38. The lowest BCUT2D eigenvalue weighted by molar-refractivity contribution is 0.0600. The molecule has 0 atom stereocenters. The van der Waals surface area contributed by atoms with Crippen molar-refractivity contribution in [1.29, 1.82) is 0 Å². The third kappa shape index (κ3) is 4.52. The summed E-state index contributed by atoms with van der Waals surface area (Å²) in [5.74, 6) is -1.62. The Hall–Kier alpha value is -1.93. The first-order valence-electron chi connectivity index (χ1n) is 6.44. The monoisotopic (exact) mass is 401 g/mol. The number of carbonyl (C=O) groups is 1. The van der Waals surface area contributed by atoms with Gasteiger partial charge in [-0.2, -0.15) is 0 Å². The lowest BCUT2D eigenvalue weighted by atomic mass is 10.2. The van der Waals surface area contributed by atoms with Crippen LogP contribution in [0, 0.1) is 5.82 Å². The van der Waals surface area contributed by atoms with E-state index in [0.29, 0.717) is 4.47 Å². The van der Waals surface area contributed by atoms with Gasteiger partial charge in [-0.1, -0.05) is 18.2 Å². The van der Waals surface area contributed by atoms with Crippen LogP contribution in [-0.2, 0) is 20.5 Å². The number of hydrogen-bond donors (Lipinski definition) is 1. The quantitative estimate of drug-likeness (QED) is 0.779. The standard InChI is InChI=1S/C15H13BrFNO4S/c1-22-15(19)10-6-7-14(12(16)8-10)18-23(20,21)9-11-4-2-3-5-13(11)17/h2-8,18H,9H2,1H3. The molecule has 2 aromatic rings. The zero-order valence-electron chi connectivity index (χ0n) is 12.0. The molecule has 0 fully saturated rings. The van der Waals surface area contributed by atoms with E-state index in [4.69, 9.17) is 0 Å². The van der Waals surface area contributed by atoms with Crippen molar-refractivity contribution in [3.63, 3.8) is 0 Å². The van der Waals surface area contributed by atoms with Crippen molar-refractivity contribution in [1.82, 2.24) is 0 Å². The van der Waals surface area contributed by atoms with Gasteiger partial charge in [0, 0.05) is 10.0 Å². The van der Waals surface area contributed by atoms with Crippen LogP contribution in [0.4, 0.5) is 10.1 Å². The zero-order valence-corrected chi connectivity index (χ0v) is 14.4. The SMILES string of the molecule is COC(=O)c1ccc(NS(=O)(=O)Cc2ccccc2F)c(Br)c1. The molecule has 0 aliphatic heterocycles. The zero-order chi connectivity index (χ0) is 17.0. The first-order chi connectivity index (χ1) is 10.8. The van der Waals surface area contributed by atoms with Crippen molar-refractivity contribution in [3.8, 4) is 0 Å². The Morgan fingerprint density at radius 2 is 1.96 bits per heavy atom. The van der Waals surface area contributed by atoms with Gasteiger partial charge in [0.2, 0.25) is 10.0 Å². The van der Waals surface area contributed by atoms with E-state index in [-0.39, 0.29) is 16.8 Å². The van der Waals surface area contributed by atoms with Crippen LogP contribution in [0.15, 0.2) is 46.9 Å². The largest absolute Gasteiger partial charge is 0.465 e. The highest BCUT2D eigenvalue weighted by Crippen LogP contribution is 2.26. The predicted octanol–water partition coefficient (Wildman–Crippen LogP) is 3.32. The van der Waals surface area contributed by atoms with Gasteiger partial charge >= 0.3 is 5.97 Å². The molecular weight excluding hydrogens is 389 g/mol. The van der Waals surface area contributed by atoms with Gasteiger partial charge in [0.05, 0.1) is 24.1 Å². The molecule has 0 unspecified atom stereocenters. The number of methoxy groups -OCH3 is 1. The van der Waals surface area contributed by atoms with Crippen molar-refractivity contribution in [2.24, 2.45) is 0 Å². The molecule has 8 heteroatoms. The van der Waals surface area contributed by atoms with Gasteiger partial charge in [0.25, 0.3) is 0 Å². The Balaban J connectivity index is 2.21. The molecule has 0 saturated heterocycles. The van der Waals surface area contributed by atoms with Crippen molar-refractivity contribution in [2.45, 2.75) is 5.75 Å². The van der Waals surface area contributed by atoms with E-state index in [1.165, 1.54) is 43.5 Å². The van der Waals surface area contributed by atoms with Crippen molar-refractivity contribution < 1.29 is 22.3 Å². The summed E-state index contributed by atoms with van der Waals surface area (Å²) in [4.78, 5) is 11.4. The van der Waals surface area contributed by atoms with E-state index in [0.717, 1.165) is 0 Å². The van der Waals surface area contributed by atoms with Crippen LogP contribution in [0.2, 0.25) is 0 Å². The Morgan fingerprint density at radius 3 is 2.57 bits per heavy atom. The number of sulfonamides is 1. The summed E-state index contributed by atoms with van der Waals surface area (Å²) in [6.07, 6.45) is 0. The number of anilines is 1. The predicted molar refractivity (Wildman–Crippen MR) is 88.1 cm³/mol. The fourth-order valence-electron chi connectivity index (χ4n) is 1.87. The van der Waals surface area contributed by atoms with Gasteiger partial charge in [-0.3, -0.25) is 4.72 Å². The number of carbonyl (C=O) groups excluding carboxylic acids is 1. The summed E-state index contributed by atoms with van der Waals surface area (Å²) in [5, 5.41) is 0. The highest BCUT2D eigenvalue weighted by Gasteiger charge is 2.17. The normalized spacial score (nSPS) is 11.1. The van der Waals surface area contributed by atoms with Gasteiger partial charge in [-0.15, -0.1) is 0 Å². The molecule has 2 aromatic carbocycles. The van der Waals surface area contributed by atoms with Crippen molar-refractivity contribution in [2.75, 3.05) is 11.8 Å². The van der Waals surface area contributed by atoms with E-state index in [1.807, 2.05) is 0 Å². The van der Waals surface area contributed by atoms with E-state index >= 15 is 0 Å². The summed E-state index contributed by atoms with van der Waals surface area (Å²) < 4.78 is 45.2. The molecule has 0 bridgehead atoms. The lowest BCUT2D eigenvalue weighted by Crippen LogP contribution is -2.16. The molecule has 1 N–H and O–H groups in total. The number of rotatable bonds is 5. The van der Waals surface area contributed by atoms with Crippen LogP contribution in [-0.4, -0.2) is 21.5 Å². The number of halogens is 2. The maximum atomic E-state index is 13.6. The Morgan fingerprint density at radius 1 is 1.26 bits per heavy atom. The van der Waals surface area contributed by atoms with Crippen molar-refractivity contribution in [3.05, 3.63) is 63.9 Å². The molecule has 0 radical (unpaired) electrons. The van der Waals surface area contributed by atoms with Crippen LogP contribution >= 0.6 is 15.9 Å². The summed E-state index contributed by atoms with van der Waals surface area (Å²) in [5.41, 5.74) is 0.590. The van der Waals surface area contributed by atoms with Gasteiger partial charge in [-0.05, 0) is 40.2 Å². The second kappa shape index (κ2) is 7.10. The molecule has 0 amide bonds. The number of benzene rings is 2. The number of nitrogens with one attached hydrogen (secondary N) is 1. The summed E-state index contributed by atoms with van der Waals surface area (Å²) >= 11 is 3.19. The van der Waals surface area contributed by atoms with Crippen LogP contribution in [0.3, 0.4) is 0 Å².